The van der Waals surface area contributed by atoms with Crippen molar-refractivity contribution in [2.45, 2.75) is 57.7 Å². The van der Waals surface area contributed by atoms with Gasteiger partial charge >= 0.3 is 0 Å². The molecule has 1 N–H and O–H groups in total. The van der Waals surface area contributed by atoms with E-state index < -0.39 is 12.0 Å². The average molecular weight is 448 g/mol. The van der Waals surface area contributed by atoms with E-state index in [0.717, 1.165) is 29.7 Å². The lowest BCUT2D eigenvalue weighted by Crippen LogP contribution is -2.43. The summed E-state index contributed by atoms with van der Waals surface area (Å²) in [7, 11) is 0. The molecule has 0 amide bonds. The number of rotatable bonds is 6. The maximum absolute atomic E-state index is 13.0. The largest absolute Gasteiger partial charge is 0.474 e. The minimum atomic E-state index is -2.61. The van der Waals surface area contributed by atoms with Crippen LogP contribution in [0, 0.1) is 18.3 Å². The Morgan fingerprint density at radius 1 is 1.39 bits per heavy atom. The van der Waals surface area contributed by atoms with Gasteiger partial charge in [-0.25, -0.2) is 18.7 Å². The topological polar surface area (TPSA) is 74.1 Å². The minimum absolute atomic E-state index is 0.0857. The van der Waals surface area contributed by atoms with Crippen LogP contribution < -0.4 is 10.1 Å². The van der Waals surface area contributed by atoms with E-state index in [1.807, 2.05) is 13.0 Å². The first-order valence-electron chi connectivity index (χ1n) is 10.3. The number of ether oxygens (including phenoxy) is 1. The number of pyridine rings is 2. The van der Waals surface area contributed by atoms with Gasteiger partial charge in [0, 0.05) is 49.8 Å². The van der Waals surface area contributed by atoms with Gasteiger partial charge in [-0.1, -0.05) is 17.7 Å². The van der Waals surface area contributed by atoms with E-state index in [1.165, 1.54) is 5.56 Å². The van der Waals surface area contributed by atoms with E-state index >= 15 is 0 Å². The number of hydrogen-bond acceptors (Lipinski definition) is 6. The zero-order valence-electron chi connectivity index (χ0n) is 17.5. The van der Waals surface area contributed by atoms with E-state index in [4.69, 9.17) is 21.6 Å². The van der Waals surface area contributed by atoms with Gasteiger partial charge in [-0.15, -0.1) is 0 Å². The molecule has 0 bridgehead atoms. The summed E-state index contributed by atoms with van der Waals surface area (Å²) in [6.07, 6.45) is 1.61. The first-order chi connectivity index (χ1) is 14.8. The van der Waals surface area contributed by atoms with E-state index in [9.17, 15) is 8.78 Å². The van der Waals surface area contributed by atoms with Crippen molar-refractivity contribution in [1.29, 1.82) is 5.26 Å². The summed E-state index contributed by atoms with van der Waals surface area (Å²) in [5.41, 5.74) is 4.24. The monoisotopic (exact) mass is 447 g/mol. The zero-order valence-corrected chi connectivity index (χ0v) is 18.2. The molecule has 3 heterocycles. The Labute approximate surface area is 185 Å². The molecule has 1 aliphatic heterocycles. The van der Waals surface area contributed by atoms with Crippen LogP contribution >= 0.6 is 11.6 Å². The van der Waals surface area contributed by atoms with Gasteiger partial charge in [0.15, 0.2) is 0 Å². The molecule has 1 unspecified atom stereocenters. The molecule has 9 heteroatoms. The highest BCUT2D eigenvalue weighted by Gasteiger charge is 2.47. The Bertz CT molecular complexity index is 1000. The predicted octanol–water partition coefficient (Wildman–Crippen LogP) is 4.67. The first-order valence-corrected chi connectivity index (χ1v) is 10.7. The van der Waals surface area contributed by atoms with Crippen LogP contribution in [-0.4, -0.2) is 40.0 Å². The molecule has 0 saturated heterocycles. The molecule has 0 aromatic carbocycles. The van der Waals surface area contributed by atoms with Crippen LogP contribution in [0.4, 0.5) is 14.6 Å². The Balaban J connectivity index is 1.46. The first kappa shape index (κ1) is 21.7. The normalized spacial score (nSPS) is 19.1. The predicted molar refractivity (Wildman–Crippen MR) is 113 cm³/mol. The highest BCUT2D eigenvalue weighted by Crippen LogP contribution is 2.39. The molecule has 2 aromatic rings. The standard InChI is InChI=1S/C22H24ClF2N5O/c1-13-17-5-8-30(12-18(17)21(27-7-6-26)29-20(13)23)14(2)15-3-4-19(28-11-15)31-16-9-22(24,25)10-16/h3-4,11,14,16H,5,7-10,12H2,1-2H3,(H,27,29). The average Bonchev–Trinajstić information content (AvgIpc) is 2.73. The van der Waals surface area contributed by atoms with Gasteiger partial charge < -0.3 is 10.1 Å². The van der Waals surface area contributed by atoms with Crippen molar-refractivity contribution < 1.29 is 13.5 Å². The number of alkyl halides is 2. The van der Waals surface area contributed by atoms with Crippen LogP contribution in [0.15, 0.2) is 18.3 Å². The fraction of sp³-hybridized carbons (Fsp3) is 0.500. The number of hydrogen-bond donors (Lipinski definition) is 1. The van der Waals surface area contributed by atoms with Gasteiger partial charge in [0.1, 0.15) is 23.6 Å². The lowest BCUT2D eigenvalue weighted by molar-refractivity contribution is -0.135. The van der Waals surface area contributed by atoms with Gasteiger partial charge in [0.05, 0.1) is 6.07 Å². The summed E-state index contributed by atoms with van der Waals surface area (Å²) in [5, 5.41) is 12.5. The molecule has 2 aromatic heterocycles. The van der Waals surface area contributed by atoms with Crippen LogP contribution in [0.2, 0.25) is 5.15 Å². The zero-order chi connectivity index (χ0) is 22.2. The molecule has 1 saturated carbocycles. The van der Waals surface area contributed by atoms with E-state index in [2.05, 4.69) is 33.2 Å². The maximum Gasteiger partial charge on any atom is 0.255 e. The van der Waals surface area contributed by atoms with Gasteiger partial charge in [-0.05, 0) is 37.0 Å². The van der Waals surface area contributed by atoms with Gasteiger partial charge in [0.2, 0.25) is 5.88 Å². The molecule has 0 spiro atoms. The van der Waals surface area contributed by atoms with Crippen molar-refractivity contribution in [3.8, 4) is 11.9 Å². The lowest BCUT2D eigenvalue weighted by Gasteiger charge is -2.36. The Morgan fingerprint density at radius 2 is 2.16 bits per heavy atom. The molecular formula is C22H24ClF2N5O. The third-order valence-corrected chi connectivity index (χ3v) is 6.46. The Kier molecular flexibility index (Phi) is 6.00. The third kappa shape index (κ3) is 4.58. The van der Waals surface area contributed by atoms with Crippen LogP contribution in [0.1, 0.15) is 48.1 Å². The van der Waals surface area contributed by atoms with Crippen molar-refractivity contribution in [3.05, 3.63) is 45.7 Å². The van der Waals surface area contributed by atoms with Crippen LogP contribution in [0.25, 0.3) is 0 Å². The maximum atomic E-state index is 13.0. The molecule has 6 nitrogen and oxygen atoms in total. The summed E-state index contributed by atoms with van der Waals surface area (Å²) >= 11 is 6.30. The number of nitrogens with zero attached hydrogens (tertiary/aromatic N) is 4. The quantitative estimate of drug-likeness (QED) is 0.512. The second-order valence-corrected chi connectivity index (χ2v) is 8.53. The number of nitriles is 1. The van der Waals surface area contributed by atoms with Crippen molar-refractivity contribution >= 4 is 17.4 Å². The lowest BCUT2D eigenvalue weighted by atomic mass is 9.91. The molecule has 31 heavy (non-hydrogen) atoms. The molecule has 2 aliphatic rings. The molecule has 1 fully saturated rings. The van der Waals surface area contributed by atoms with Crippen molar-refractivity contribution in [3.63, 3.8) is 0 Å². The van der Waals surface area contributed by atoms with Crippen molar-refractivity contribution in [1.82, 2.24) is 14.9 Å². The number of fused-ring (bicyclic) bond motifs is 1. The third-order valence-electron chi connectivity index (χ3n) is 6.10. The second-order valence-electron chi connectivity index (χ2n) is 8.18. The van der Waals surface area contributed by atoms with Crippen LogP contribution in [0.3, 0.4) is 0 Å². The van der Waals surface area contributed by atoms with E-state index in [0.29, 0.717) is 23.4 Å². The molecular weight excluding hydrogens is 424 g/mol. The van der Waals surface area contributed by atoms with Gasteiger partial charge in [0.25, 0.3) is 5.92 Å². The summed E-state index contributed by atoms with van der Waals surface area (Å²) in [6.45, 7) is 5.76. The second kappa shape index (κ2) is 8.56. The van der Waals surface area contributed by atoms with Crippen molar-refractivity contribution in [2.24, 2.45) is 0 Å². The SMILES string of the molecule is Cc1c(Cl)nc(NCC#N)c2c1CCN(C(C)c1ccc(OC3CC(F)(F)C3)nc1)C2. The summed E-state index contributed by atoms with van der Waals surface area (Å²) in [6, 6.07) is 5.84. The van der Waals surface area contributed by atoms with Crippen LogP contribution in [-0.2, 0) is 13.0 Å². The molecule has 164 valence electrons. The van der Waals surface area contributed by atoms with Crippen LogP contribution in [0.5, 0.6) is 5.88 Å². The van der Waals surface area contributed by atoms with Crippen molar-refractivity contribution in [2.75, 3.05) is 18.4 Å². The number of aromatic nitrogens is 2. The Morgan fingerprint density at radius 3 is 2.81 bits per heavy atom. The fourth-order valence-corrected chi connectivity index (χ4v) is 4.37. The summed E-state index contributed by atoms with van der Waals surface area (Å²) < 4.78 is 31.5. The number of anilines is 1. The molecule has 0 radical (unpaired) electrons. The highest BCUT2D eigenvalue weighted by molar-refractivity contribution is 6.30. The number of halogens is 3. The highest BCUT2D eigenvalue weighted by atomic mass is 35.5. The van der Waals surface area contributed by atoms with Gasteiger partial charge in [-0.2, -0.15) is 5.26 Å². The molecule has 1 atom stereocenters. The van der Waals surface area contributed by atoms with E-state index in [1.54, 1.807) is 12.3 Å². The fourth-order valence-electron chi connectivity index (χ4n) is 4.17. The number of nitrogens with one attached hydrogen (secondary N) is 1. The smallest absolute Gasteiger partial charge is 0.255 e. The minimum Gasteiger partial charge on any atom is -0.474 e. The van der Waals surface area contributed by atoms with E-state index in [-0.39, 0.29) is 25.4 Å². The Hall–Kier alpha value is -2.50. The summed E-state index contributed by atoms with van der Waals surface area (Å²) in [4.78, 5) is 11.1. The van der Waals surface area contributed by atoms with Gasteiger partial charge in [-0.3, -0.25) is 4.90 Å². The molecule has 4 rings (SSSR count). The molecule has 1 aliphatic carbocycles. The summed E-state index contributed by atoms with van der Waals surface area (Å²) in [5.74, 6) is -1.58.